The van der Waals surface area contributed by atoms with Crippen molar-refractivity contribution >= 4 is 28.7 Å². The van der Waals surface area contributed by atoms with Crippen molar-refractivity contribution in [2.75, 3.05) is 35.7 Å². The minimum absolute atomic E-state index is 0.00799. The molecule has 2 aromatic carbocycles. The third-order valence-corrected chi connectivity index (χ3v) is 4.69. The summed E-state index contributed by atoms with van der Waals surface area (Å²) in [5.41, 5.74) is 1.03. The molecule has 154 valence electrons. The number of hydrogen-bond donors (Lipinski definition) is 2. The minimum Gasteiger partial charge on any atom is -0.387 e. The molecule has 0 unspecified atom stereocenters. The smallest absolute Gasteiger partial charge is 0.270 e. The van der Waals surface area contributed by atoms with Gasteiger partial charge in [0.2, 0.25) is 0 Å². The summed E-state index contributed by atoms with van der Waals surface area (Å²) in [4.78, 5) is 25.0. The molecule has 0 saturated carbocycles. The van der Waals surface area contributed by atoms with E-state index in [1.807, 2.05) is 18.7 Å². The molecular formula is C20H23FN4O4. The number of nitrogens with zero attached hydrogens (tertiary/aromatic N) is 2. The van der Waals surface area contributed by atoms with Gasteiger partial charge in [-0.2, -0.15) is 0 Å². The van der Waals surface area contributed by atoms with Gasteiger partial charge in [-0.1, -0.05) is 0 Å². The van der Waals surface area contributed by atoms with Crippen molar-refractivity contribution in [3.8, 4) is 0 Å². The maximum atomic E-state index is 14.7. The second kappa shape index (κ2) is 8.44. The van der Waals surface area contributed by atoms with Gasteiger partial charge in [0.05, 0.1) is 28.4 Å². The molecule has 2 atom stereocenters. The van der Waals surface area contributed by atoms with Crippen molar-refractivity contribution < 1.29 is 18.8 Å². The van der Waals surface area contributed by atoms with Crippen molar-refractivity contribution in [2.24, 2.45) is 0 Å². The molecular weight excluding hydrogens is 379 g/mol. The van der Waals surface area contributed by atoms with E-state index in [4.69, 9.17) is 4.74 Å². The number of nitro benzene ring substituents is 1. The minimum atomic E-state index is -0.574. The van der Waals surface area contributed by atoms with Crippen LogP contribution in [0.5, 0.6) is 0 Å². The molecule has 0 radical (unpaired) electrons. The van der Waals surface area contributed by atoms with E-state index >= 15 is 0 Å². The van der Waals surface area contributed by atoms with Gasteiger partial charge in [-0.05, 0) is 38.1 Å². The molecule has 3 rings (SSSR count). The summed E-state index contributed by atoms with van der Waals surface area (Å²) in [6, 6.07) is 8.41. The van der Waals surface area contributed by atoms with Gasteiger partial charge in [0.1, 0.15) is 5.82 Å². The van der Waals surface area contributed by atoms with Crippen LogP contribution in [-0.4, -0.2) is 43.2 Å². The summed E-state index contributed by atoms with van der Waals surface area (Å²) in [6.07, 6.45) is -0.0160. The number of rotatable bonds is 5. The second-order valence-electron chi connectivity index (χ2n) is 7.02. The van der Waals surface area contributed by atoms with Crippen LogP contribution in [0.1, 0.15) is 24.2 Å². The van der Waals surface area contributed by atoms with Gasteiger partial charge in [0, 0.05) is 43.6 Å². The van der Waals surface area contributed by atoms with E-state index in [0.29, 0.717) is 24.5 Å². The standard InChI is InChI=1S/C20H23FN4O4/c1-12-10-24(11-13(2)29-12)19-7-4-14(8-17(19)21)23-20(26)16-9-15(25(27)28)5-6-18(16)22-3/h4-9,12-13,22H,10-11H2,1-3H3,(H,23,26)/t12-,13+. The lowest BCUT2D eigenvalue weighted by Gasteiger charge is -2.37. The lowest BCUT2D eigenvalue weighted by Crippen LogP contribution is -2.45. The van der Waals surface area contributed by atoms with Crippen LogP contribution >= 0.6 is 0 Å². The second-order valence-corrected chi connectivity index (χ2v) is 7.02. The Bertz CT molecular complexity index is 927. The number of morpholine rings is 1. The van der Waals surface area contributed by atoms with Gasteiger partial charge in [0.25, 0.3) is 11.6 Å². The number of hydrogen-bond acceptors (Lipinski definition) is 6. The molecule has 1 saturated heterocycles. The van der Waals surface area contributed by atoms with E-state index in [1.165, 1.54) is 24.3 Å². The Balaban J connectivity index is 1.81. The van der Waals surface area contributed by atoms with E-state index in [-0.39, 0.29) is 29.1 Å². The number of halogens is 1. The van der Waals surface area contributed by atoms with Crippen molar-refractivity contribution in [1.82, 2.24) is 0 Å². The molecule has 0 aliphatic carbocycles. The molecule has 1 amide bonds. The predicted molar refractivity (Wildman–Crippen MR) is 109 cm³/mol. The maximum absolute atomic E-state index is 14.7. The predicted octanol–water partition coefficient (Wildman–Crippen LogP) is 3.64. The lowest BCUT2D eigenvalue weighted by atomic mass is 10.1. The fraction of sp³-hybridized carbons (Fsp3) is 0.350. The quantitative estimate of drug-likeness (QED) is 0.585. The van der Waals surface area contributed by atoms with Crippen LogP contribution in [0.3, 0.4) is 0 Å². The summed E-state index contributed by atoms with van der Waals surface area (Å²) in [7, 11) is 1.61. The Morgan fingerprint density at radius 3 is 2.48 bits per heavy atom. The van der Waals surface area contributed by atoms with E-state index in [2.05, 4.69) is 10.6 Å². The first kappa shape index (κ1) is 20.5. The van der Waals surface area contributed by atoms with Gasteiger partial charge in [0.15, 0.2) is 0 Å². The zero-order chi connectivity index (χ0) is 21.1. The number of non-ortho nitro benzene ring substituents is 1. The van der Waals surface area contributed by atoms with Crippen LogP contribution in [0, 0.1) is 15.9 Å². The van der Waals surface area contributed by atoms with Gasteiger partial charge in [-0.3, -0.25) is 14.9 Å². The average molecular weight is 402 g/mol. The summed E-state index contributed by atoms with van der Waals surface area (Å²) in [5.74, 6) is -1.03. The Morgan fingerprint density at radius 2 is 1.90 bits per heavy atom. The average Bonchev–Trinajstić information content (AvgIpc) is 2.66. The highest BCUT2D eigenvalue weighted by Gasteiger charge is 2.24. The number of ether oxygens (including phenoxy) is 1. The molecule has 8 nitrogen and oxygen atoms in total. The highest BCUT2D eigenvalue weighted by Crippen LogP contribution is 2.27. The zero-order valence-electron chi connectivity index (χ0n) is 16.4. The molecule has 1 aliphatic heterocycles. The lowest BCUT2D eigenvalue weighted by molar-refractivity contribution is -0.384. The molecule has 0 aromatic heterocycles. The summed E-state index contributed by atoms with van der Waals surface area (Å²) >= 11 is 0. The number of anilines is 3. The number of benzene rings is 2. The molecule has 2 N–H and O–H groups in total. The van der Waals surface area contributed by atoms with Gasteiger partial charge in [-0.25, -0.2) is 4.39 Å². The van der Waals surface area contributed by atoms with Gasteiger partial charge < -0.3 is 20.3 Å². The van der Waals surface area contributed by atoms with Gasteiger partial charge in [-0.15, -0.1) is 0 Å². The molecule has 0 bridgehead atoms. The summed E-state index contributed by atoms with van der Waals surface area (Å²) in [6.45, 7) is 5.03. The van der Waals surface area contributed by atoms with Crippen molar-refractivity contribution in [3.63, 3.8) is 0 Å². The molecule has 2 aromatic rings. The fourth-order valence-electron chi connectivity index (χ4n) is 3.47. The van der Waals surface area contributed by atoms with Crippen LogP contribution in [0.25, 0.3) is 0 Å². The van der Waals surface area contributed by atoms with Crippen LogP contribution in [0.15, 0.2) is 36.4 Å². The third kappa shape index (κ3) is 4.62. The summed E-state index contributed by atoms with van der Waals surface area (Å²) < 4.78 is 20.4. The van der Waals surface area contributed by atoms with Crippen LogP contribution < -0.4 is 15.5 Å². The number of carbonyl (C=O) groups is 1. The van der Waals surface area contributed by atoms with Crippen LogP contribution in [0.4, 0.5) is 27.1 Å². The highest BCUT2D eigenvalue weighted by atomic mass is 19.1. The highest BCUT2D eigenvalue weighted by molar-refractivity contribution is 6.08. The largest absolute Gasteiger partial charge is 0.387 e. The first-order chi connectivity index (χ1) is 13.8. The Labute approximate surface area is 167 Å². The van der Waals surface area contributed by atoms with Crippen LogP contribution in [-0.2, 0) is 4.74 Å². The fourth-order valence-corrected chi connectivity index (χ4v) is 3.47. The van der Waals surface area contributed by atoms with Crippen molar-refractivity contribution in [1.29, 1.82) is 0 Å². The normalized spacial score (nSPS) is 19.0. The molecule has 1 aliphatic rings. The number of carbonyl (C=O) groups excluding carboxylic acids is 1. The molecule has 1 heterocycles. The topological polar surface area (TPSA) is 96.7 Å². The number of nitrogens with one attached hydrogen (secondary N) is 2. The van der Waals surface area contributed by atoms with Gasteiger partial charge >= 0.3 is 0 Å². The van der Waals surface area contributed by atoms with E-state index in [0.717, 1.165) is 0 Å². The van der Waals surface area contributed by atoms with E-state index in [9.17, 15) is 19.3 Å². The van der Waals surface area contributed by atoms with Crippen molar-refractivity contribution in [3.05, 3.63) is 57.9 Å². The van der Waals surface area contributed by atoms with Crippen LogP contribution in [0.2, 0.25) is 0 Å². The summed E-state index contributed by atoms with van der Waals surface area (Å²) in [5, 5.41) is 16.4. The van der Waals surface area contributed by atoms with Crippen molar-refractivity contribution in [2.45, 2.75) is 26.1 Å². The van der Waals surface area contributed by atoms with E-state index < -0.39 is 16.6 Å². The Morgan fingerprint density at radius 1 is 1.21 bits per heavy atom. The Kier molecular flexibility index (Phi) is 5.97. The molecule has 0 spiro atoms. The first-order valence-electron chi connectivity index (χ1n) is 9.26. The molecule has 1 fully saturated rings. The SMILES string of the molecule is CNc1ccc([N+](=O)[O-])cc1C(=O)Nc1ccc(N2C[C@@H](C)O[C@@H](C)C2)c(F)c1. The first-order valence-corrected chi connectivity index (χ1v) is 9.26. The number of amides is 1. The molecule has 29 heavy (non-hydrogen) atoms. The monoisotopic (exact) mass is 402 g/mol. The zero-order valence-corrected chi connectivity index (χ0v) is 16.4. The maximum Gasteiger partial charge on any atom is 0.270 e. The number of nitro groups is 1. The van der Waals surface area contributed by atoms with E-state index in [1.54, 1.807) is 19.2 Å². The Hall–Kier alpha value is -3.20. The molecule has 9 heteroatoms. The third-order valence-electron chi connectivity index (χ3n) is 4.69.